The summed E-state index contributed by atoms with van der Waals surface area (Å²) >= 11 is 1.73. The monoisotopic (exact) mass is 594 g/mol. The summed E-state index contributed by atoms with van der Waals surface area (Å²) in [5.74, 6) is 1.52. The second-order valence-corrected chi connectivity index (χ2v) is 12.4. The molecule has 0 saturated heterocycles. The molecule has 0 amide bonds. The topological polar surface area (TPSA) is 49.6 Å². The predicted octanol–water partition coefficient (Wildman–Crippen LogP) is 9.92. The number of aromatic nitrogens is 1. The van der Waals surface area contributed by atoms with Crippen LogP contribution < -0.4 is 5.32 Å². The number of nitrogens with one attached hydrogen (secondary N) is 1. The van der Waals surface area contributed by atoms with Crippen molar-refractivity contribution in [3.63, 3.8) is 0 Å². The number of nitrogens with zero attached hydrogens (tertiary/aromatic N) is 3. The van der Waals surface area contributed by atoms with Gasteiger partial charge in [-0.1, -0.05) is 121 Å². The van der Waals surface area contributed by atoms with Gasteiger partial charge in [0.05, 0.1) is 10.2 Å². The number of hydrogen-bond acceptors (Lipinski definition) is 5. The van der Waals surface area contributed by atoms with Gasteiger partial charge in [0.15, 0.2) is 5.84 Å². The molecule has 8 aromatic rings. The molecular formula is C40H26N4S. The van der Waals surface area contributed by atoms with Crippen LogP contribution in [-0.4, -0.2) is 16.7 Å². The second kappa shape index (κ2) is 10.5. The minimum atomic E-state index is -0.322. The van der Waals surface area contributed by atoms with E-state index in [1.807, 2.05) is 6.07 Å². The largest absolute Gasteiger partial charge is 0.344 e. The molecule has 0 fully saturated rings. The Bertz CT molecular complexity index is 2470. The third-order valence-electron chi connectivity index (χ3n) is 8.51. The molecule has 1 atom stereocenters. The number of benzene rings is 7. The van der Waals surface area contributed by atoms with Crippen LogP contribution in [0.3, 0.4) is 0 Å². The Labute approximate surface area is 264 Å². The molecule has 1 N–H and O–H groups in total. The van der Waals surface area contributed by atoms with E-state index < -0.39 is 0 Å². The summed E-state index contributed by atoms with van der Waals surface area (Å²) in [6, 6.07) is 51.1. The van der Waals surface area contributed by atoms with Crippen molar-refractivity contribution in [2.75, 3.05) is 0 Å². The van der Waals surface area contributed by atoms with E-state index in [2.05, 4.69) is 145 Å². The highest BCUT2D eigenvalue weighted by atomic mass is 32.1. The second-order valence-electron chi connectivity index (χ2n) is 11.4. The van der Waals surface area contributed by atoms with E-state index in [-0.39, 0.29) is 6.17 Å². The molecule has 0 radical (unpaired) electrons. The number of rotatable bonds is 4. The van der Waals surface area contributed by atoms with Gasteiger partial charge in [-0.25, -0.2) is 15.0 Å². The lowest BCUT2D eigenvalue weighted by Gasteiger charge is -2.24. The lowest BCUT2D eigenvalue weighted by atomic mass is 10.0. The summed E-state index contributed by atoms with van der Waals surface area (Å²) in [6.45, 7) is 0. The minimum absolute atomic E-state index is 0.322. The lowest BCUT2D eigenvalue weighted by molar-refractivity contribution is 0.675. The standard InChI is InChI=1S/C40H26N4S/c1-2-10-28(11-3-1)40-41-36-34-24-33(19-16-27(34)20-21-35(36)45-40)39-43-37(31-17-14-25-8-4-6-12-29(25)22-31)42-38(44-39)32-18-15-26-9-5-7-13-30(26)23-32/h1-24,39H,(H,42,43,44). The van der Waals surface area contributed by atoms with Crippen LogP contribution in [0.1, 0.15) is 22.9 Å². The first-order valence-electron chi connectivity index (χ1n) is 15.1. The normalized spacial score (nSPS) is 14.9. The zero-order valence-corrected chi connectivity index (χ0v) is 25.0. The van der Waals surface area contributed by atoms with Gasteiger partial charge in [-0.15, -0.1) is 11.3 Å². The molecule has 1 unspecified atom stereocenters. The molecule has 0 spiro atoms. The molecule has 0 aliphatic carbocycles. The predicted molar refractivity (Wildman–Crippen MR) is 189 cm³/mol. The van der Waals surface area contributed by atoms with Crippen LogP contribution in [0.5, 0.6) is 0 Å². The van der Waals surface area contributed by atoms with Gasteiger partial charge in [0.2, 0.25) is 0 Å². The molecule has 7 aromatic carbocycles. The van der Waals surface area contributed by atoms with E-state index in [1.54, 1.807) is 11.3 Å². The highest BCUT2D eigenvalue weighted by Gasteiger charge is 2.22. The summed E-state index contributed by atoms with van der Waals surface area (Å²) in [6.07, 6.45) is -0.322. The van der Waals surface area contributed by atoms with Gasteiger partial charge in [0.1, 0.15) is 17.0 Å². The van der Waals surface area contributed by atoms with E-state index in [0.29, 0.717) is 5.84 Å². The van der Waals surface area contributed by atoms with Crippen molar-refractivity contribution >= 4 is 65.5 Å². The summed E-state index contributed by atoms with van der Waals surface area (Å²) in [7, 11) is 0. The van der Waals surface area contributed by atoms with Crippen molar-refractivity contribution in [3.05, 3.63) is 162 Å². The molecule has 0 saturated carbocycles. The third kappa shape index (κ3) is 4.65. The number of fused-ring (bicyclic) bond motifs is 5. The quantitative estimate of drug-likeness (QED) is 0.220. The van der Waals surface area contributed by atoms with Gasteiger partial charge in [0.25, 0.3) is 0 Å². The van der Waals surface area contributed by atoms with Crippen LogP contribution in [-0.2, 0) is 0 Å². The Morgan fingerprint density at radius 2 is 1.18 bits per heavy atom. The maximum atomic E-state index is 5.21. The molecule has 1 aliphatic rings. The fourth-order valence-electron chi connectivity index (χ4n) is 6.16. The number of amidine groups is 2. The van der Waals surface area contributed by atoms with E-state index >= 15 is 0 Å². The number of thiazole rings is 1. The van der Waals surface area contributed by atoms with Gasteiger partial charge < -0.3 is 5.32 Å². The van der Waals surface area contributed by atoms with Crippen molar-refractivity contribution in [1.29, 1.82) is 0 Å². The van der Waals surface area contributed by atoms with Gasteiger partial charge in [-0.05, 0) is 56.8 Å². The number of hydrogen-bond donors (Lipinski definition) is 1. The smallest absolute Gasteiger partial charge is 0.159 e. The maximum Gasteiger partial charge on any atom is 0.159 e. The summed E-state index contributed by atoms with van der Waals surface area (Å²) in [4.78, 5) is 15.4. The molecule has 212 valence electrons. The fraction of sp³-hybridized carbons (Fsp3) is 0.0250. The first-order valence-corrected chi connectivity index (χ1v) is 15.9. The van der Waals surface area contributed by atoms with Gasteiger partial charge in [0, 0.05) is 22.1 Å². The first-order chi connectivity index (χ1) is 22.2. The molecule has 1 aromatic heterocycles. The van der Waals surface area contributed by atoms with Crippen molar-refractivity contribution in [1.82, 2.24) is 10.3 Å². The summed E-state index contributed by atoms with van der Waals surface area (Å²) in [5, 5.41) is 11.7. The average molecular weight is 595 g/mol. The van der Waals surface area contributed by atoms with E-state index in [4.69, 9.17) is 15.0 Å². The van der Waals surface area contributed by atoms with Crippen LogP contribution in [0.15, 0.2) is 156 Å². The molecule has 1 aliphatic heterocycles. The Morgan fingerprint density at radius 3 is 1.96 bits per heavy atom. The summed E-state index contributed by atoms with van der Waals surface area (Å²) < 4.78 is 1.17. The SMILES string of the molecule is c1ccc(-c2nc3c(ccc4ccc(C5N=C(c6ccc7ccccc7c6)N=C(c6ccc7ccccc7c6)N5)cc43)s2)cc1. The zero-order chi connectivity index (χ0) is 29.7. The zero-order valence-electron chi connectivity index (χ0n) is 24.2. The highest BCUT2D eigenvalue weighted by Crippen LogP contribution is 2.36. The molecule has 0 bridgehead atoms. The van der Waals surface area contributed by atoms with Gasteiger partial charge in [-0.2, -0.15) is 0 Å². The van der Waals surface area contributed by atoms with Crippen molar-refractivity contribution < 1.29 is 0 Å². The third-order valence-corrected chi connectivity index (χ3v) is 9.58. The van der Waals surface area contributed by atoms with Crippen molar-refractivity contribution in [3.8, 4) is 10.6 Å². The minimum Gasteiger partial charge on any atom is -0.344 e. The molecule has 45 heavy (non-hydrogen) atoms. The Kier molecular flexibility index (Phi) is 6.03. The van der Waals surface area contributed by atoms with Crippen LogP contribution in [0.4, 0.5) is 0 Å². The van der Waals surface area contributed by atoms with Crippen LogP contribution in [0.25, 0.3) is 53.1 Å². The molecule has 9 rings (SSSR count). The van der Waals surface area contributed by atoms with Crippen molar-refractivity contribution in [2.24, 2.45) is 9.98 Å². The van der Waals surface area contributed by atoms with Crippen LogP contribution in [0, 0.1) is 0 Å². The van der Waals surface area contributed by atoms with E-state index in [1.165, 1.54) is 26.2 Å². The fourth-order valence-corrected chi connectivity index (χ4v) is 7.15. The molecule has 4 nitrogen and oxygen atoms in total. The van der Waals surface area contributed by atoms with Crippen LogP contribution in [0.2, 0.25) is 0 Å². The van der Waals surface area contributed by atoms with Gasteiger partial charge in [-0.3, -0.25) is 0 Å². The Hall–Kier alpha value is -5.65. The molecular weight excluding hydrogens is 569 g/mol. The van der Waals surface area contributed by atoms with Crippen molar-refractivity contribution in [2.45, 2.75) is 6.17 Å². The Balaban J connectivity index is 1.18. The van der Waals surface area contributed by atoms with E-state index in [0.717, 1.165) is 49.4 Å². The average Bonchev–Trinajstić information content (AvgIpc) is 3.56. The first kappa shape index (κ1) is 25.8. The lowest BCUT2D eigenvalue weighted by Crippen LogP contribution is -2.33. The Morgan fingerprint density at radius 1 is 0.533 bits per heavy atom. The molecule has 5 heteroatoms. The van der Waals surface area contributed by atoms with Gasteiger partial charge >= 0.3 is 0 Å². The maximum absolute atomic E-state index is 5.21. The summed E-state index contributed by atoms with van der Waals surface area (Å²) in [5.41, 5.74) is 5.25. The molecule has 2 heterocycles. The van der Waals surface area contributed by atoms with Crippen LogP contribution >= 0.6 is 11.3 Å². The highest BCUT2D eigenvalue weighted by molar-refractivity contribution is 7.21. The number of aliphatic imine (C=N–C) groups is 2. The van der Waals surface area contributed by atoms with E-state index in [9.17, 15) is 0 Å².